The summed E-state index contributed by atoms with van der Waals surface area (Å²) in [4.78, 5) is 15.6. The second-order valence-electron chi connectivity index (χ2n) is 2.89. The van der Waals surface area contributed by atoms with Crippen molar-refractivity contribution in [3.8, 4) is 0 Å². The number of rotatable bonds is 1. The van der Waals surface area contributed by atoms with Crippen LogP contribution in [0.3, 0.4) is 0 Å². The molecule has 72 valence electrons. The molecule has 0 atom stereocenters. The maximum atomic E-state index is 9.58. The van der Waals surface area contributed by atoms with E-state index in [1.165, 1.54) is 38.5 Å². The van der Waals surface area contributed by atoms with Gasteiger partial charge in [-0.25, -0.2) is 0 Å². The Morgan fingerprint density at radius 2 is 1.17 bits per heavy atom. The second-order valence-corrected chi connectivity index (χ2v) is 4.44. The van der Waals surface area contributed by atoms with Crippen LogP contribution in [0, 0.1) is 0 Å². The summed E-state index contributed by atoms with van der Waals surface area (Å²) < 4.78 is 9.58. The summed E-state index contributed by atoms with van der Waals surface area (Å²) >= 11 is 0. The smallest absolute Gasteiger partial charge is 0.321 e. The topological polar surface area (TPSA) is 57.5 Å². The summed E-state index contributed by atoms with van der Waals surface area (Å²) in [6.45, 7) is 2.87. The Balaban J connectivity index is 0.000000202. The van der Waals surface area contributed by atoms with Crippen molar-refractivity contribution in [1.29, 1.82) is 0 Å². The average Bonchev–Trinajstić information content (AvgIpc) is 2.07. The quantitative estimate of drug-likeness (QED) is 0.628. The minimum atomic E-state index is -3.88. The fourth-order valence-electron chi connectivity index (χ4n) is 1.06. The molecule has 1 rings (SSSR count). The summed E-state index contributed by atoms with van der Waals surface area (Å²) in [6.07, 6.45) is 9.00. The minimum absolute atomic E-state index is 0.604. The van der Waals surface area contributed by atoms with E-state index in [1.54, 1.807) is 0 Å². The molecule has 0 amide bonds. The molecule has 2 N–H and O–H groups in total. The first-order valence-corrected chi connectivity index (χ1v) is 5.93. The van der Waals surface area contributed by atoms with Crippen molar-refractivity contribution < 1.29 is 14.4 Å². The van der Waals surface area contributed by atoms with Crippen LogP contribution in [-0.2, 0) is 4.57 Å². The Bertz CT molecular complexity index is 146. The SMILES string of the molecule is C1CCCCC1.C=CP(=O)(O)O. The van der Waals surface area contributed by atoms with Gasteiger partial charge in [0.15, 0.2) is 0 Å². The van der Waals surface area contributed by atoms with Gasteiger partial charge in [0.1, 0.15) is 0 Å². The molecule has 3 nitrogen and oxygen atoms in total. The molecule has 4 heteroatoms. The molecular weight excluding hydrogens is 175 g/mol. The van der Waals surface area contributed by atoms with Crippen molar-refractivity contribution in [2.45, 2.75) is 38.5 Å². The van der Waals surface area contributed by atoms with E-state index in [2.05, 4.69) is 6.58 Å². The molecule has 1 aliphatic carbocycles. The monoisotopic (exact) mass is 192 g/mol. The van der Waals surface area contributed by atoms with Gasteiger partial charge in [0.25, 0.3) is 0 Å². The Hall–Kier alpha value is -0.110. The molecule has 1 aliphatic rings. The zero-order valence-electron chi connectivity index (χ0n) is 7.28. The Morgan fingerprint density at radius 3 is 1.25 bits per heavy atom. The minimum Gasteiger partial charge on any atom is -0.321 e. The normalized spacial score (nSPS) is 17.5. The lowest BCUT2D eigenvalue weighted by molar-refractivity contribution is 0.386. The lowest BCUT2D eigenvalue weighted by atomic mass is 10.0. The standard InChI is InChI=1S/C6H12.C2H5O3P/c1-2-4-6-5-3-1;1-2-6(3,4)5/h1-6H2;2H,1H2,(H2,3,4,5). The molecule has 0 saturated heterocycles. The van der Waals surface area contributed by atoms with Crippen LogP contribution in [0.5, 0.6) is 0 Å². The third-order valence-corrected chi connectivity index (χ3v) is 2.21. The van der Waals surface area contributed by atoms with E-state index in [-0.39, 0.29) is 0 Å². The highest BCUT2D eigenvalue weighted by Crippen LogP contribution is 2.34. The maximum absolute atomic E-state index is 9.58. The van der Waals surface area contributed by atoms with E-state index in [1.807, 2.05) is 0 Å². The van der Waals surface area contributed by atoms with Crippen LogP contribution in [0.4, 0.5) is 0 Å². The maximum Gasteiger partial charge on any atom is 0.348 e. The molecule has 0 aromatic rings. The first-order chi connectivity index (χ1) is 5.56. The van der Waals surface area contributed by atoms with Crippen LogP contribution in [0.1, 0.15) is 38.5 Å². The predicted molar refractivity (Wildman–Crippen MR) is 49.9 cm³/mol. The van der Waals surface area contributed by atoms with Crippen LogP contribution < -0.4 is 0 Å². The first kappa shape index (κ1) is 11.9. The highest BCUT2D eigenvalue weighted by atomic mass is 31.2. The van der Waals surface area contributed by atoms with E-state index >= 15 is 0 Å². The van der Waals surface area contributed by atoms with Crippen molar-refractivity contribution in [1.82, 2.24) is 0 Å². The fraction of sp³-hybridized carbons (Fsp3) is 0.750. The molecule has 12 heavy (non-hydrogen) atoms. The Morgan fingerprint density at radius 1 is 1.00 bits per heavy atom. The van der Waals surface area contributed by atoms with Crippen molar-refractivity contribution in [3.63, 3.8) is 0 Å². The molecule has 0 aliphatic heterocycles. The molecular formula is C8H17O3P. The fourth-order valence-corrected chi connectivity index (χ4v) is 1.06. The van der Waals surface area contributed by atoms with Crippen molar-refractivity contribution in [2.24, 2.45) is 0 Å². The lowest BCUT2D eigenvalue weighted by Crippen LogP contribution is -1.85. The van der Waals surface area contributed by atoms with Crippen molar-refractivity contribution in [3.05, 3.63) is 12.4 Å². The summed E-state index contributed by atoms with van der Waals surface area (Å²) in [6, 6.07) is 0. The van der Waals surface area contributed by atoms with Crippen LogP contribution >= 0.6 is 7.60 Å². The zero-order chi connectivity index (χ0) is 9.45. The molecule has 0 aromatic carbocycles. The van der Waals surface area contributed by atoms with Crippen LogP contribution in [0.15, 0.2) is 12.4 Å². The molecule has 0 unspecified atom stereocenters. The highest BCUT2D eigenvalue weighted by molar-refractivity contribution is 7.55. The van der Waals surface area contributed by atoms with E-state index in [0.717, 1.165) is 0 Å². The van der Waals surface area contributed by atoms with Crippen molar-refractivity contribution >= 4 is 7.60 Å². The van der Waals surface area contributed by atoms with E-state index in [9.17, 15) is 4.57 Å². The van der Waals surface area contributed by atoms with Crippen LogP contribution in [0.25, 0.3) is 0 Å². The van der Waals surface area contributed by atoms with E-state index in [0.29, 0.717) is 5.82 Å². The van der Waals surface area contributed by atoms with Gasteiger partial charge in [0, 0.05) is 5.82 Å². The Kier molecular flexibility index (Phi) is 6.35. The zero-order valence-corrected chi connectivity index (χ0v) is 8.17. The number of hydrogen-bond acceptors (Lipinski definition) is 1. The molecule has 0 heterocycles. The van der Waals surface area contributed by atoms with Gasteiger partial charge in [-0.3, -0.25) is 4.57 Å². The van der Waals surface area contributed by atoms with Gasteiger partial charge in [-0.05, 0) is 0 Å². The van der Waals surface area contributed by atoms with Crippen molar-refractivity contribution in [2.75, 3.05) is 0 Å². The third kappa shape index (κ3) is 9.89. The molecule has 1 saturated carbocycles. The van der Waals surface area contributed by atoms with Gasteiger partial charge < -0.3 is 9.79 Å². The predicted octanol–water partition coefficient (Wildman–Crippen LogP) is 2.65. The van der Waals surface area contributed by atoms with Gasteiger partial charge in [-0.2, -0.15) is 0 Å². The van der Waals surface area contributed by atoms with Gasteiger partial charge in [-0.15, -0.1) is 0 Å². The number of hydrogen-bond donors (Lipinski definition) is 2. The summed E-state index contributed by atoms with van der Waals surface area (Å²) in [5.74, 6) is 0.604. The van der Waals surface area contributed by atoms with E-state index in [4.69, 9.17) is 9.79 Å². The Labute approximate surface area is 73.7 Å². The largest absolute Gasteiger partial charge is 0.348 e. The van der Waals surface area contributed by atoms with Crippen LogP contribution in [0.2, 0.25) is 0 Å². The average molecular weight is 192 g/mol. The summed E-state index contributed by atoms with van der Waals surface area (Å²) in [5.41, 5.74) is 0. The molecule has 0 spiro atoms. The highest BCUT2D eigenvalue weighted by Gasteiger charge is 2.01. The van der Waals surface area contributed by atoms with Gasteiger partial charge in [0.2, 0.25) is 0 Å². The summed E-state index contributed by atoms with van der Waals surface area (Å²) in [5, 5.41) is 0. The van der Waals surface area contributed by atoms with Gasteiger partial charge in [0.05, 0.1) is 0 Å². The van der Waals surface area contributed by atoms with Gasteiger partial charge in [-0.1, -0.05) is 45.1 Å². The van der Waals surface area contributed by atoms with E-state index < -0.39 is 7.60 Å². The third-order valence-electron chi connectivity index (χ3n) is 1.74. The van der Waals surface area contributed by atoms with Crippen LogP contribution in [-0.4, -0.2) is 9.79 Å². The molecule has 0 radical (unpaired) electrons. The lowest BCUT2D eigenvalue weighted by Gasteiger charge is -2.05. The molecule has 1 fully saturated rings. The summed E-state index contributed by atoms with van der Waals surface area (Å²) in [7, 11) is -3.88. The second kappa shape index (κ2) is 6.41. The molecule has 0 aromatic heterocycles. The first-order valence-electron chi connectivity index (χ1n) is 4.25. The van der Waals surface area contributed by atoms with Gasteiger partial charge >= 0.3 is 7.60 Å². The molecule has 0 bridgehead atoms.